The van der Waals surface area contributed by atoms with Crippen molar-refractivity contribution in [3.8, 4) is 17.1 Å². The maximum Gasteiger partial charge on any atom is 0.294 e. The van der Waals surface area contributed by atoms with Crippen molar-refractivity contribution in [2.24, 2.45) is 0 Å². The number of hydrogen-bond donors (Lipinski definition) is 1. The summed E-state index contributed by atoms with van der Waals surface area (Å²) in [5.41, 5.74) is 9.43. The zero-order valence-electron chi connectivity index (χ0n) is 15.5. The number of H-pyrrole nitrogens is 1. The van der Waals surface area contributed by atoms with E-state index in [1.165, 1.54) is 33.4 Å². The van der Waals surface area contributed by atoms with Crippen LogP contribution in [0, 0.1) is 41.5 Å². The molecule has 0 atom stereocenters. The number of rotatable bonds is 2. The molecule has 3 aromatic rings. The first-order chi connectivity index (χ1) is 11.7. The van der Waals surface area contributed by atoms with Crippen LogP contribution in [0.15, 0.2) is 24.3 Å². The molecule has 1 heterocycles. The number of hydrogen-bond acceptors (Lipinski definition) is 0. The average molecular weight is 374 g/mol. The SMILES string of the molecule is Cc1cc(C)c(-c2[nH]c(Cl)c(Cl)[n+]2-c2c(C)cc(C)cc2C)c(C)c1. The number of benzene rings is 2. The summed E-state index contributed by atoms with van der Waals surface area (Å²) < 4.78 is 2.04. The smallest absolute Gasteiger partial charge is 0.225 e. The van der Waals surface area contributed by atoms with Crippen molar-refractivity contribution in [3.63, 3.8) is 0 Å². The van der Waals surface area contributed by atoms with Gasteiger partial charge in [0.1, 0.15) is 5.69 Å². The Hall–Kier alpha value is -1.77. The van der Waals surface area contributed by atoms with Crippen LogP contribution in [0.4, 0.5) is 0 Å². The molecule has 0 saturated carbocycles. The van der Waals surface area contributed by atoms with Crippen molar-refractivity contribution < 1.29 is 4.57 Å². The van der Waals surface area contributed by atoms with E-state index in [2.05, 4.69) is 70.8 Å². The van der Waals surface area contributed by atoms with Crippen molar-refractivity contribution in [2.45, 2.75) is 41.5 Å². The second-order valence-corrected chi connectivity index (χ2v) is 7.67. The summed E-state index contributed by atoms with van der Waals surface area (Å²) in [6.07, 6.45) is 0. The number of aryl methyl sites for hydroxylation is 6. The Labute approximate surface area is 159 Å². The highest BCUT2D eigenvalue weighted by molar-refractivity contribution is 6.40. The molecule has 0 amide bonds. The van der Waals surface area contributed by atoms with Crippen LogP contribution in [0.5, 0.6) is 0 Å². The van der Waals surface area contributed by atoms with Gasteiger partial charge in [0, 0.05) is 0 Å². The third kappa shape index (κ3) is 3.09. The molecule has 0 radical (unpaired) electrons. The minimum Gasteiger partial charge on any atom is -0.225 e. The van der Waals surface area contributed by atoms with E-state index in [1.807, 2.05) is 4.57 Å². The standard InChI is InChI=1S/C21H22Cl2N2/c1-11-7-13(3)17(14(4)8-11)21-24-19(22)20(23)25(21)18-15(5)9-12(2)10-16(18)6/h7-10H,1-6H3/p+1. The minimum absolute atomic E-state index is 0.454. The molecular weight excluding hydrogens is 351 g/mol. The van der Waals surface area contributed by atoms with Gasteiger partial charge >= 0.3 is 0 Å². The fraction of sp³-hybridized carbons (Fsp3) is 0.286. The molecule has 2 nitrogen and oxygen atoms in total. The summed E-state index contributed by atoms with van der Waals surface area (Å²) in [4.78, 5) is 3.29. The van der Waals surface area contributed by atoms with Crippen molar-refractivity contribution in [2.75, 3.05) is 0 Å². The van der Waals surface area contributed by atoms with Crippen molar-refractivity contribution in [3.05, 3.63) is 68.0 Å². The minimum atomic E-state index is 0.454. The second kappa shape index (κ2) is 6.51. The van der Waals surface area contributed by atoms with E-state index < -0.39 is 0 Å². The predicted octanol–water partition coefficient (Wildman–Crippen LogP) is 6.12. The highest BCUT2D eigenvalue weighted by Gasteiger charge is 2.29. The van der Waals surface area contributed by atoms with Crippen molar-refractivity contribution >= 4 is 23.2 Å². The van der Waals surface area contributed by atoms with Crippen LogP contribution in [0.3, 0.4) is 0 Å². The molecule has 2 aromatic carbocycles. The van der Waals surface area contributed by atoms with Gasteiger partial charge in [0.15, 0.2) is 0 Å². The van der Waals surface area contributed by atoms with E-state index in [1.54, 1.807) is 0 Å². The van der Waals surface area contributed by atoms with Crippen LogP contribution in [-0.4, -0.2) is 4.98 Å². The molecular formula is C21H23Cl2N2+. The Kier molecular flexibility index (Phi) is 4.70. The molecule has 0 aliphatic rings. The Morgan fingerprint density at radius 2 is 1.16 bits per heavy atom. The molecule has 3 rings (SSSR count). The Morgan fingerprint density at radius 3 is 1.64 bits per heavy atom. The number of aromatic nitrogens is 2. The highest BCUT2D eigenvalue weighted by Crippen LogP contribution is 2.31. The van der Waals surface area contributed by atoms with Gasteiger partial charge in [-0.3, -0.25) is 0 Å². The van der Waals surface area contributed by atoms with Crippen LogP contribution >= 0.6 is 23.2 Å². The summed E-state index contributed by atoms with van der Waals surface area (Å²) in [6, 6.07) is 8.71. The fourth-order valence-corrected chi connectivity index (χ4v) is 4.26. The number of imidazole rings is 1. The fourth-order valence-electron chi connectivity index (χ4n) is 3.87. The maximum atomic E-state index is 6.62. The van der Waals surface area contributed by atoms with Gasteiger partial charge in [0.25, 0.3) is 16.1 Å². The highest BCUT2D eigenvalue weighted by atomic mass is 35.5. The molecule has 0 spiro atoms. The Bertz CT molecular complexity index is 938. The number of nitrogens with zero attached hydrogens (tertiary/aromatic N) is 1. The third-order valence-electron chi connectivity index (χ3n) is 4.60. The second-order valence-electron chi connectivity index (χ2n) is 6.93. The molecule has 1 aromatic heterocycles. The van der Waals surface area contributed by atoms with Crippen molar-refractivity contribution in [1.29, 1.82) is 0 Å². The lowest BCUT2D eigenvalue weighted by Crippen LogP contribution is -2.35. The van der Waals surface area contributed by atoms with Gasteiger partial charge < -0.3 is 0 Å². The number of aromatic amines is 1. The molecule has 1 N–H and O–H groups in total. The van der Waals surface area contributed by atoms with E-state index in [4.69, 9.17) is 23.2 Å². The quantitative estimate of drug-likeness (QED) is 0.522. The number of halogens is 2. The van der Waals surface area contributed by atoms with Gasteiger partial charge in [-0.1, -0.05) is 35.4 Å². The predicted molar refractivity (Wildman–Crippen MR) is 106 cm³/mol. The van der Waals surface area contributed by atoms with E-state index in [0.29, 0.717) is 10.3 Å². The van der Waals surface area contributed by atoms with Gasteiger partial charge in [0.2, 0.25) is 0 Å². The molecule has 0 saturated heterocycles. The lowest BCUT2D eigenvalue weighted by Gasteiger charge is -2.12. The summed E-state index contributed by atoms with van der Waals surface area (Å²) in [7, 11) is 0. The molecule has 0 fully saturated rings. The first kappa shape index (κ1) is 18.0. The summed E-state index contributed by atoms with van der Waals surface area (Å²) in [6.45, 7) is 12.7. The number of nitrogens with one attached hydrogen (secondary N) is 1. The van der Waals surface area contributed by atoms with Gasteiger partial charge in [-0.25, -0.2) is 4.98 Å². The zero-order chi connectivity index (χ0) is 18.5. The van der Waals surface area contributed by atoms with Crippen LogP contribution in [0.1, 0.15) is 33.4 Å². The normalized spacial score (nSPS) is 11.2. The monoisotopic (exact) mass is 373 g/mol. The third-order valence-corrected chi connectivity index (χ3v) is 5.33. The average Bonchev–Trinajstić information content (AvgIpc) is 2.74. The molecule has 0 unspecified atom stereocenters. The van der Waals surface area contributed by atoms with Crippen LogP contribution < -0.4 is 4.57 Å². The molecule has 0 aliphatic carbocycles. The van der Waals surface area contributed by atoms with Crippen LogP contribution in [-0.2, 0) is 0 Å². The first-order valence-electron chi connectivity index (χ1n) is 8.36. The topological polar surface area (TPSA) is 19.7 Å². The molecule has 0 bridgehead atoms. The molecule has 4 heteroatoms. The molecule has 0 aliphatic heterocycles. The van der Waals surface area contributed by atoms with E-state index >= 15 is 0 Å². The van der Waals surface area contributed by atoms with Gasteiger partial charge in [0.05, 0.1) is 5.56 Å². The van der Waals surface area contributed by atoms with E-state index in [9.17, 15) is 0 Å². The summed E-state index contributed by atoms with van der Waals surface area (Å²) in [5.74, 6) is 0.917. The Balaban J connectivity index is 2.39. The van der Waals surface area contributed by atoms with Crippen LogP contribution in [0.25, 0.3) is 17.1 Å². The maximum absolute atomic E-state index is 6.62. The summed E-state index contributed by atoms with van der Waals surface area (Å²) in [5, 5.41) is 0.960. The first-order valence-corrected chi connectivity index (χ1v) is 9.11. The molecule has 130 valence electrons. The zero-order valence-corrected chi connectivity index (χ0v) is 17.0. The van der Waals surface area contributed by atoms with Crippen LogP contribution in [0.2, 0.25) is 10.3 Å². The van der Waals surface area contributed by atoms with E-state index in [-0.39, 0.29) is 0 Å². The summed E-state index contributed by atoms with van der Waals surface area (Å²) >= 11 is 13.0. The van der Waals surface area contributed by atoms with Gasteiger partial charge in [-0.15, -0.1) is 0 Å². The largest absolute Gasteiger partial charge is 0.294 e. The van der Waals surface area contributed by atoms with Gasteiger partial charge in [-0.05, 0) is 87.0 Å². The lowest BCUT2D eigenvalue weighted by molar-refractivity contribution is -0.580. The van der Waals surface area contributed by atoms with E-state index in [0.717, 1.165) is 17.1 Å². The Morgan fingerprint density at radius 1 is 0.720 bits per heavy atom. The van der Waals surface area contributed by atoms with Crippen molar-refractivity contribution in [1.82, 2.24) is 4.98 Å². The lowest BCUT2D eigenvalue weighted by atomic mass is 9.98. The molecule has 25 heavy (non-hydrogen) atoms. The van der Waals surface area contributed by atoms with Gasteiger partial charge in [-0.2, -0.15) is 4.57 Å².